The van der Waals surface area contributed by atoms with Crippen molar-refractivity contribution in [3.8, 4) is 5.75 Å². The van der Waals surface area contributed by atoms with Crippen molar-refractivity contribution in [3.63, 3.8) is 0 Å². The lowest BCUT2D eigenvalue weighted by atomic mass is 10.2. The Kier molecular flexibility index (Phi) is 5.65. The fourth-order valence-electron chi connectivity index (χ4n) is 1.46. The molecule has 0 bridgehead atoms. The number of hydrogen-bond acceptors (Lipinski definition) is 1. The van der Waals surface area contributed by atoms with Crippen LogP contribution in [0.4, 0.5) is 0 Å². The molecule has 1 rings (SSSR count). The van der Waals surface area contributed by atoms with Crippen molar-refractivity contribution in [2.45, 2.75) is 32.9 Å². The van der Waals surface area contributed by atoms with E-state index < -0.39 is 0 Å². The largest absolute Gasteiger partial charge is 0.489 e. The maximum Gasteiger partial charge on any atom is 0.128 e. The molecule has 0 aromatic heterocycles. The van der Waals surface area contributed by atoms with Gasteiger partial charge >= 0.3 is 0 Å². The smallest absolute Gasteiger partial charge is 0.128 e. The fraction of sp³-hybridized carbons (Fsp3) is 0.429. The van der Waals surface area contributed by atoms with Gasteiger partial charge in [0.25, 0.3) is 0 Å². The van der Waals surface area contributed by atoms with E-state index in [-0.39, 0.29) is 0 Å². The van der Waals surface area contributed by atoms with Gasteiger partial charge in [0.2, 0.25) is 0 Å². The molecular weight excluding hydrogens is 198 g/mol. The molecule has 0 heterocycles. The van der Waals surface area contributed by atoms with Gasteiger partial charge in [-0.3, -0.25) is 0 Å². The first kappa shape index (κ1) is 12.8. The van der Waals surface area contributed by atoms with Crippen molar-refractivity contribution >= 4 is 0 Å². The predicted molar refractivity (Wildman–Crippen MR) is 67.5 cm³/mol. The lowest BCUT2D eigenvalue weighted by molar-refractivity contribution is -0.701. The third-order valence-electron chi connectivity index (χ3n) is 2.71. The quantitative estimate of drug-likeness (QED) is 0.700. The molecule has 0 spiro atoms. The molecule has 0 aliphatic carbocycles. The van der Waals surface area contributed by atoms with Crippen LogP contribution in [0.3, 0.4) is 0 Å². The molecule has 0 fully saturated rings. The molecule has 0 aliphatic rings. The van der Waals surface area contributed by atoms with Gasteiger partial charge in [-0.2, -0.15) is 0 Å². The second-order valence-corrected chi connectivity index (χ2v) is 4.03. The van der Waals surface area contributed by atoms with Crippen molar-refractivity contribution in [3.05, 3.63) is 42.5 Å². The molecule has 1 aromatic rings. The molecule has 0 amide bonds. The van der Waals surface area contributed by atoms with Gasteiger partial charge in [-0.25, -0.2) is 0 Å². The van der Waals surface area contributed by atoms with E-state index >= 15 is 0 Å². The lowest BCUT2D eigenvalue weighted by Gasteiger charge is -2.11. The van der Waals surface area contributed by atoms with Crippen molar-refractivity contribution in [1.29, 1.82) is 0 Å². The van der Waals surface area contributed by atoms with Gasteiger partial charge in [-0.1, -0.05) is 31.7 Å². The second kappa shape index (κ2) is 7.07. The van der Waals surface area contributed by atoms with Gasteiger partial charge in [0.15, 0.2) is 0 Å². The SMILES string of the molecule is C=CCOc1ccccc1C[NH2+][C@H](C)CC. The van der Waals surface area contributed by atoms with Crippen LogP contribution in [0.15, 0.2) is 36.9 Å². The van der Waals surface area contributed by atoms with E-state index in [4.69, 9.17) is 4.74 Å². The Labute approximate surface area is 98.3 Å². The summed E-state index contributed by atoms with van der Waals surface area (Å²) in [6.07, 6.45) is 2.96. The summed E-state index contributed by atoms with van der Waals surface area (Å²) in [6, 6.07) is 8.86. The molecule has 2 N–H and O–H groups in total. The van der Waals surface area contributed by atoms with Crippen molar-refractivity contribution < 1.29 is 10.1 Å². The summed E-state index contributed by atoms with van der Waals surface area (Å²) in [4.78, 5) is 0. The molecule has 0 unspecified atom stereocenters. The molecule has 1 aromatic carbocycles. The van der Waals surface area contributed by atoms with Crippen LogP contribution >= 0.6 is 0 Å². The minimum atomic E-state index is 0.570. The Morgan fingerprint density at radius 1 is 1.44 bits per heavy atom. The minimum absolute atomic E-state index is 0.570. The molecular formula is C14H22NO+. The van der Waals surface area contributed by atoms with Crippen LogP contribution < -0.4 is 10.1 Å². The number of para-hydroxylation sites is 1. The summed E-state index contributed by atoms with van der Waals surface area (Å²) in [5, 5.41) is 2.34. The topological polar surface area (TPSA) is 25.8 Å². The highest BCUT2D eigenvalue weighted by molar-refractivity contribution is 5.32. The normalized spacial score (nSPS) is 12.1. The van der Waals surface area contributed by atoms with Gasteiger partial charge < -0.3 is 10.1 Å². The monoisotopic (exact) mass is 220 g/mol. The summed E-state index contributed by atoms with van der Waals surface area (Å²) in [7, 11) is 0. The summed E-state index contributed by atoms with van der Waals surface area (Å²) >= 11 is 0. The fourth-order valence-corrected chi connectivity index (χ4v) is 1.46. The van der Waals surface area contributed by atoms with E-state index in [1.807, 2.05) is 12.1 Å². The molecule has 16 heavy (non-hydrogen) atoms. The summed E-state index contributed by atoms with van der Waals surface area (Å²) in [6.45, 7) is 9.66. The van der Waals surface area contributed by atoms with Crippen LogP contribution in [-0.2, 0) is 6.54 Å². The number of benzene rings is 1. The zero-order valence-corrected chi connectivity index (χ0v) is 10.3. The summed E-state index contributed by atoms with van der Waals surface area (Å²) < 4.78 is 5.61. The highest BCUT2D eigenvalue weighted by Gasteiger charge is 2.06. The molecule has 0 saturated heterocycles. The van der Waals surface area contributed by atoms with E-state index in [2.05, 4.69) is 37.9 Å². The Hall–Kier alpha value is -1.28. The molecule has 0 saturated carbocycles. The highest BCUT2D eigenvalue weighted by Crippen LogP contribution is 2.16. The molecule has 88 valence electrons. The zero-order chi connectivity index (χ0) is 11.8. The Bertz CT molecular complexity index is 322. The first-order valence-electron chi connectivity index (χ1n) is 5.92. The zero-order valence-electron chi connectivity index (χ0n) is 10.3. The van der Waals surface area contributed by atoms with Crippen LogP contribution in [0.2, 0.25) is 0 Å². The first-order chi connectivity index (χ1) is 7.77. The molecule has 2 nitrogen and oxygen atoms in total. The Balaban J connectivity index is 2.59. The summed E-state index contributed by atoms with van der Waals surface area (Å²) in [5.74, 6) is 0.974. The van der Waals surface area contributed by atoms with Crippen LogP contribution in [0.5, 0.6) is 5.75 Å². The van der Waals surface area contributed by atoms with E-state index in [0.717, 1.165) is 12.3 Å². The van der Waals surface area contributed by atoms with Crippen LogP contribution in [-0.4, -0.2) is 12.6 Å². The average molecular weight is 220 g/mol. The van der Waals surface area contributed by atoms with Gasteiger partial charge in [-0.15, -0.1) is 0 Å². The predicted octanol–water partition coefficient (Wildman–Crippen LogP) is 2.11. The number of quaternary nitrogens is 1. The Morgan fingerprint density at radius 3 is 2.88 bits per heavy atom. The van der Waals surface area contributed by atoms with Gasteiger partial charge in [0.1, 0.15) is 18.9 Å². The van der Waals surface area contributed by atoms with Gasteiger partial charge in [0, 0.05) is 5.56 Å². The molecule has 1 atom stereocenters. The van der Waals surface area contributed by atoms with E-state index in [1.54, 1.807) is 6.08 Å². The number of rotatable bonds is 7. The van der Waals surface area contributed by atoms with Crippen molar-refractivity contribution in [1.82, 2.24) is 0 Å². The third-order valence-corrected chi connectivity index (χ3v) is 2.71. The van der Waals surface area contributed by atoms with Crippen LogP contribution in [0.1, 0.15) is 25.8 Å². The lowest BCUT2D eigenvalue weighted by Crippen LogP contribution is -2.87. The Morgan fingerprint density at radius 2 is 2.19 bits per heavy atom. The van der Waals surface area contributed by atoms with Crippen LogP contribution in [0, 0.1) is 0 Å². The second-order valence-electron chi connectivity index (χ2n) is 4.03. The van der Waals surface area contributed by atoms with E-state index in [0.29, 0.717) is 12.6 Å². The molecule has 2 heteroatoms. The standard InChI is InChI=1S/C14H21NO/c1-4-10-16-14-9-7-6-8-13(14)11-15-12(3)5-2/h4,6-9,12,15H,1,5,10-11H2,2-3H3/p+1/t12-/m1/s1. The third kappa shape index (κ3) is 4.07. The summed E-state index contributed by atoms with van der Waals surface area (Å²) in [5.41, 5.74) is 1.25. The number of ether oxygens (including phenoxy) is 1. The molecule has 0 aliphatic heterocycles. The average Bonchev–Trinajstić information content (AvgIpc) is 2.34. The molecule has 0 radical (unpaired) electrons. The van der Waals surface area contributed by atoms with E-state index in [9.17, 15) is 0 Å². The first-order valence-corrected chi connectivity index (χ1v) is 5.92. The van der Waals surface area contributed by atoms with Crippen molar-refractivity contribution in [2.24, 2.45) is 0 Å². The van der Waals surface area contributed by atoms with Gasteiger partial charge in [-0.05, 0) is 25.5 Å². The van der Waals surface area contributed by atoms with Gasteiger partial charge in [0.05, 0.1) is 6.04 Å². The van der Waals surface area contributed by atoms with Crippen LogP contribution in [0.25, 0.3) is 0 Å². The van der Waals surface area contributed by atoms with Crippen molar-refractivity contribution in [2.75, 3.05) is 6.61 Å². The van der Waals surface area contributed by atoms with E-state index in [1.165, 1.54) is 12.0 Å². The maximum absolute atomic E-state index is 5.61. The number of hydrogen-bond donors (Lipinski definition) is 1. The maximum atomic E-state index is 5.61. The number of nitrogens with two attached hydrogens (primary N) is 1. The highest BCUT2D eigenvalue weighted by atomic mass is 16.5. The minimum Gasteiger partial charge on any atom is -0.489 e.